The molecule has 0 unspecified atom stereocenters. The van der Waals surface area contributed by atoms with Gasteiger partial charge in [0.25, 0.3) is 0 Å². The maximum atomic E-state index is 10.1. The number of guanidine groups is 1. The second-order valence-electron chi connectivity index (χ2n) is 7.44. The van der Waals surface area contributed by atoms with Gasteiger partial charge in [0.1, 0.15) is 5.75 Å². The average Bonchev–Trinajstić information content (AvgIpc) is 2.83. The summed E-state index contributed by atoms with van der Waals surface area (Å²) in [5.74, 6) is 3.16. The molecule has 0 spiro atoms. The van der Waals surface area contributed by atoms with Gasteiger partial charge in [-0.05, 0) is 31.5 Å². The maximum Gasteiger partial charge on any atom is 0.203 e. The molecular formula is C24H35IN4O4. The number of anilines is 1. The largest absolute Gasteiger partial charge is 0.506 e. The number of phenolic OH excluding ortho intramolecular Hbond substituents is 1. The number of aromatic hydroxyl groups is 1. The van der Waals surface area contributed by atoms with Crippen molar-refractivity contribution in [3.8, 4) is 23.0 Å². The molecule has 33 heavy (non-hydrogen) atoms. The fourth-order valence-electron chi connectivity index (χ4n) is 3.96. The highest BCUT2D eigenvalue weighted by Crippen LogP contribution is 2.39. The number of nitrogens with one attached hydrogen (secondary N) is 1. The summed E-state index contributed by atoms with van der Waals surface area (Å²) in [6.45, 7) is 6.81. The van der Waals surface area contributed by atoms with Gasteiger partial charge in [-0.1, -0.05) is 18.2 Å². The number of aliphatic imine (C=N–C) groups is 1. The minimum absolute atomic E-state index is 0. The summed E-state index contributed by atoms with van der Waals surface area (Å²) in [5, 5.41) is 13.5. The number of rotatable bonds is 8. The molecule has 182 valence electrons. The Balaban J connectivity index is 0.00000385. The van der Waals surface area contributed by atoms with Gasteiger partial charge in [0.2, 0.25) is 5.75 Å². The standard InChI is InChI=1S/C24H34N4O4.HI/c1-5-25-24(28-16-14-27(15-17-28)19-8-6-7-9-20(19)29)26-13-12-18-10-11-21(30-2)23(32-4)22(18)31-3;/h6-11,29H,5,12-17H2,1-4H3,(H,25,26);1H. The van der Waals surface area contributed by atoms with Crippen LogP contribution in [0.4, 0.5) is 5.69 Å². The minimum Gasteiger partial charge on any atom is -0.506 e. The quantitative estimate of drug-likeness (QED) is 0.287. The molecule has 0 radical (unpaired) electrons. The van der Waals surface area contributed by atoms with Crippen LogP contribution < -0.4 is 24.4 Å². The van der Waals surface area contributed by atoms with E-state index in [1.165, 1.54) is 0 Å². The zero-order chi connectivity index (χ0) is 22.9. The lowest BCUT2D eigenvalue weighted by atomic mass is 10.1. The fourth-order valence-corrected chi connectivity index (χ4v) is 3.96. The third-order valence-corrected chi connectivity index (χ3v) is 5.56. The number of benzene rings is 2. The molecule has 0 bridgehead atoms. The first-order valence-corrected chi connectivity index (χ1v) is 11.0. The van der Waals surface area contributed by atoms with E-state index in [0.717, 1.165) is 56.4 Å². The SMILES string of the molecule is CCNC(=NCCc1ccc(OC)c(OC)c1OC)N1CCN(c2ccccc2O)CC1.I. The van der Waals surface area contributed by atoms with Crippen molar-refractivity contribution < 1.29 is 19.3 Å². The Morgan fingerprint density at radius 3 is 2.27 bits per heavy atom. The molecule has 2 aromatic carbocycles. The summed E-state index contributed by atoms with van der Waals surface area (Å²) < 4.78 is 16.4. The van der Waals surface area contributed by atoms with Crippen LogP contribution in [-0.2, 0) is 6.42 Å². The van der Waals surface area contributed by atoms with Crippen LogP contribution in [0.1, 0.15) is 12.5 Å². The molecule has 3 rings (SSSR count). The van der Waals surface area contributed by atoms with Crippen LogP contribution in [0.15, 0.2) is 41.4 Å². The third kappa shape index (κ3) is 6.49. The van der Waals surface area contributed by atoms with Crippen LogP contribution >= 0.6 is 24.0 Å². The van der Waals surface area contributed by atoms with E-state index in [0.29, 0.717) is 29.5 Å². The van der Waals surface area contributed by atoms with Gasteiger partial charge in [0.05, 0.1) is 27.0 Å². The van der Waals surface area contributed by atoms with Gasteiger partial charge >= 0.3 is 0 Å². The molecule has 0 aromatic heterocycles. The smallest absolute Gasteiger partial charge is 0.203 e. The lowest BCUT2D eigenvalue weighted by Crippen LogP contribution is -2.52. The molecule has 0 saturated carbocycles. The van der Waals surface area contributed by atoms with Crippen molar-refractivity contribution in [2.24, 2.45) is 4.99 Å². The molecule has 9 heteroatoms. The lowest BCUT2D eigenvalue weighted by molar-refractivity contribution is 0.322. The molecule has 0 aliphatic carbocycles. The second kappa shape index (κ2) is 13.2. The number of phenols is 1. The third-order valence-electron chi connectivity index (χ3n) is 5.56. The number of hydrogen-bond donors (Lipinski definition) is 2. The van der Waals surface area contributed by atoms with Crippen LogP contribution in [0.2, 0.25) is 0 Å². The molecule has 1 aliphatic rings. The lowest BCUT2D eigenvalue weighted by Gasteiger charge is -2.37. The van der Waals surface area contributed by atoms with Gasteiger partial charge in [-0.25, -0.2) is 0 Å². The van der Waals surface area contributed by atoms with Gasteiger partial charge in [-0.2, -0.15) is 0 Å². The molecule has 0 atom stereocenters. The van der Waals surface area contributed by atoms with Crippen LogP contribution in [0, 0.1) is 0 Å². The van der Waals surface area contributed by atoms with Crippen molar-refractivity contribution in [1.29, 1.82) is 0 Å². The van der Waals surface area contributed by atoms with Crippen LogP contribution in [0.5, 0.6) is 23.0 Å². The van der Waals surface area contributed by atoms with E-state index >= 15 is 0 Å². The Morgan fingerprint density at radius 1 is 0.970 bits per heavy atom. The number of ether oxygens (including phenoxy) is 3. The first-order chi connectivity index (χ1) is 15.6. The highest BCUT2D eigenvalue weighted by Gasteiger charge is 2.21. The molecule has 1 aliphatic heterocycles. The predicted octanol–water partition coefficient (Wildman–Crippen LogP) is 3.37. The first kappa shape index (κ1) is 26.7. The Hall–Kier alpha value is -2.56. The average molecular weight is 570 g/mol. The van der Waals surface area contributed by atoms with Gasteiger partial charge < -0.3 is 34.4 Å². The van der Waals surface area contributed by atoms with Crippen molar-refractivity contribution in [2.75, 3.05) is 65.5 Å². The highest BCUT2D eigenvalue weighted by molar-refractivity contribution is 14.0. The summed E-state index contributed by atoms with van der Waals surface area (Å²) in [5.41, 5.74) is 1.91. The molecule has 8 nitrogen and oxygen atoms in total. The van der Waals surface area contributed by atoms with Crippen molar-refractivity contribution in [1.82, 2.24) is 10.2 Å². The molecular weight excluding hydrogens is 535 g/mol. The normalized spacial score (nSPS) is 13.9. The molecule has 0 amide bonds. The predicted molar refractivity (Wildman–Crippen MR) is 143 cm³/mol. The number of hydrogen-bond acceptors (Lipinski definition) is 6. The van der Waals surface area contributed by atoms with E-state index in [2.05, 4.69) is 22.0 Å². The Morgan fingerprint density at radius 2 is 1.67 bits per heavy atom. The summed E-state index contributed by atoms with van der Waals surface area (Å²) >= 11 is 0. The van der Waals surface area contributed by atoms with E-state index in [1.807, 2.05) is 30.3 Å². The van der Waals surface area contributed by atoms with Gasteiger partial charge in [0.15, 0.2) is 17.5 Å². The van der Waals surface area contributed by atoms with Crippen LogP contribution in [-0.4, -0.2) is 76.6 Å². The number of halogens is 1. The zero-order valence-electron chi connectivity index (χ0n) is 19.8. The topological polar surface area (TPSA) is 78.8 Å². The molecule has 1 fully saturated rings. The number of methoxy groups -OCH3 is 3. The highest BCUT2D eigenvalue weighted by atomic mass is 127. The summed E-state index contributed by atoms with van der Waals surface area (Å²) in [4.78, 5) is 9.34. The van der Waals surface area contributed by atoms with E-state index < -0.39 is 0 Å². The monoisotopic (exact) mass is 570 g/mol. The first-order valence-electron chi connectivity index (χ1n) is 11.0. The van der Waals surface area contributed by atoms with E-state index in [9.17, 15) is 5.11 Å². The van der Waals surface area contributed by atoms with E-state index in [1.54, 1.807) is 27.4 Å². The second-order valence-corrected chi connectivity index (χ2v) is 7.44. The Labute approximate surface area is 213 Å². The number of nitrogens with zero attached hydrogens (tertiary/aromatic N) is 3. The van der Waals surface area contributed by atoms with Crippen molar-refractivity contribution in [2.45, 2.75) is 13.3 Å². The molecule has 1 heterocycles. The van der Waals surface area contributed by atoms with E-state index in [4.69, 9.17) is 19.2 Å². The van der Waals surface area contributed by atoms with Crippen molar-refractivity contribution in [3.05, 3.63) is 42.0 Å². The molecule has 2 N–H and O–H groups in total. The number of para-hydroxylation sites is 2. The maximum absolute atomic E-state index is 10.1. The van der Waals surface area contributed by atoms with Gasteiger partial charge in [-0.15, -0.1) is 24.0 Å². The summed E-state index contributed by atoms with van der Waals surface area (Å²) in [6, 6.07) is 11.4. The van der Waals surface area contributed by atoms with E-state index in [-0.39, 0.29) is 24.0 Å². The molecule has 1 saturated heterocycles. The molecule has 2 aromatic rings. The Kier molecular flexibility index (Phi) is 10.7. The minimum atomic E-state index is 0. The fraction of sp³-hybridized carbons (Fsp3) is 0.458. The van der Waals surface area contributed by atoms with Gasteiger partial charge in [0, 0.05) is 44.8 Å². The van der Waals surface area contributed by atoms with Crippen LogP contribution in [0.25, 0.3) is 0 Å². The zero-order valence-corrected chi connectivity index (χ0v) is 22.2. The summed E-state index contributed by atoms with van der Waals surface area (Å²) in [6.07, 6.45) is 0.719. The van der Waals surface area contributed by atoms with Crippen molar-refractivity contribution >= 4 is 35.6 Å². The Bertz CT molecular complexity index is 917. The van der Waals surface area contributed by atoms with Gasteiger partial charge in [-0.3, -0.25) is 4.99 Å². The summed E-state index contributed by atoms with van der Waals surface area (Å²) in [7, 11) is 4.86. The van der Waals surface area contributed by atoms with Crippen LogP contribution in [0.3, 0.4) is 0 Å². The van der Waals surface area contributed by atoms with Crippen molar-refractivity contribution in [3.63, 3.8) is 0 Å². The number of piperazine rings is 1.